The maximum Gasteiger partial charge on any atom is 0.317 e. The number of methoxy groups -OCH3 is 1. The average Bonchev–Trinajstić information content (AvgIpc) is 2.48. The van der Waals surface area contributed by atoms with Gasteiger partial charge >= 0.3 is 6.03 Å². The molecular formula is C16H24N2O2. The van der Waals surface area contributed by atoms with Crippen molar-refractivity contribution in [2.75, 3.05) is 26.7 Å². The van der Waals surface area contributed by atoms with E-state index in [0.29, 0.717) is 12.5 Å². The summed E-state index contributed by atoms with van der Waals surface area (Å²) in [6.07, 6.45) is 3.23. The molecule has 0 bridgehead atoms. The summed E-state index contributed by atoms with van der Waals surface area (Å²) in [6, 6.07) is 8.35. The molecule has 1 saturated heterocycles. The molecule has 1 N–H and O–H groups in total. The number of piperidine rings is 1. The quantitative estimate of drug-likeness (QED) is 0.918. The first-order chi connectivity index (χ1) is 9.72. The van der Waals surface area contributed by atoms with E-state index in [4.69, 9.17) is 4.74 Å². The Balaban J connectivity index is 1.83. The molecule has 1 aliphatic heterocycles. The molecule has 0 atom stereocenters. The van der Waals surface area contributed by atoms with Gasteiger partial charge in [-0.1, -0.05) is 12.1 Å². The first kappa shape index (κ1) is 14.7. The van der Waals surface area contributed by atoms with Crippen molar-refractivity contribution >= 4 is 6.03 Å². The molecule has 0 aromatic heterocycles. The van der Waals surface area contributed by atoms with Crippen molar-refractivity contribution in [3.05, 3.63) is 29.8 Å². The lowest BCUT2D eigenvalue weighted by Crippen LogP contribution is -2.44. The molecular weight excluding hydrogens is 252 g/mol. The van der Waals surface area contributed by atoms with Crippen LogP contribution >= 0.6 is 0 Å². The molecule has 2 amide bonds. The van der Waals surface area contributed by atoms with Gasteiger partial charge in [0.1, 0.15) is 5.75 Å². The molecule has 0 aliphatic carbocycles. The predicted molar refractivity (Wildman–Crippen MR) is 80.1 cm³/mol. The molecule has 0 spiro atoms. The number of benzene rings is 1. The standard InChI is InChI=1S/C16H24N2O2/c1-3-17-16(19)18-9-7-13(8-10-18)11-14-5-4-6-15(12-14)20-2/h4-6,12-13H,3,7-11H2,1-2H3,(H,17,19). The van der Waals surface area contributed by atoms with Gasteiger partial charge < -0.3 is 15.0 Å². The summed E-state index contributed by atoms with van der Waals surface area (Å²) in [4.78, 5) is 13.7. The fraction of sp³-hybridized carbons (Fsp3) is 0.562. The number of nitrogens with one attached hydrogen (secondary N) is 1. The van der Waals surface area contributed by atoms with Gasteiger partial charge in [0.05, 0.1) is 7.11 Å². The highest BCUT2D eigenvalue weighted by Crippen LogP contribution is 2.23. The fourth-order valence-electron chi connectivity index (χ4n) is 2.74. The van der Waals surface area contributed by atoms with Crippen LogP contribution in [0.1, 0.15) is 25.3 Å². The van der Waals surface area contributed by atoms with Gasteiger partial charge in [0.15, 0.2) is 0 Å². The molecule has 1 aliphatic rings. The Labute approximate surface area is 121 Å². The van der Waals surface area contributed by atoms with Crippen LogP contribution < -0.4 is 10.1 Å². The van der Waals surface area contributed by atoms with Gasteiger partial charge in [-0.15, -0.1) is 0 Å². The van der Waals surface area contributed by atoms with E-state index in [9.17, 15) is 4.79 Å². The molecule has 2 rings (SSSR count). The van der Waals surface area contributed by atoms with Gasteiger partial charge in [-0.3, -0.25) is 0 Å². The van der Waals surface area contributed by atoms with Crippen LogP contribution in [0, 0.1) is 5.92 Å². The third kappa shape index (κ3) is 3.89. The van der Waals surface area contributed by atoms with E-state index >= 15 is 0 Å². The number of rotatable bonds is 4. The third-order valence-corrected chi connectivity index (χ3v) is 3.89. The molecule has 0 saturated carbocycles. The zero-order valence-corrected chi connectivity index (χ0v) is 12.4. The zero-order valence-electron chi connectivity index (χ0n) is 12.4. The molecule has 20 heavy (non-hydrogen) atoms. The van der Waals surface area contributed by atoms with Crippen LogP contribution in [-0.4, -0.2) is 37.7 Å². The number of amides is 2. The molecule has 110 valence electrons. The van der Waals surface area contributed by atoms with E-state index in [0.717, 1.165) is 38.1 Å². The second-order valence-corrected chi connectivity index (χ2v) is 5.32. The van der Waals surface area contributed by atoms with Crippen LogP contribution in [0.2, 0.25) is 0 Å². The van der Waals surface area contributed by atoms with Crippen molar-refractivity contribution in [3.63, 3.8) is 0 Å². The second-order valence-electron chi connectivity index (χ2n) is 5.32. The maximum absolute atomic E-state index is 11.7. The summed E-state index contributed by atoms with van der Waals surface area (Å²) < 4.78 is 5.26. The second kappa shape index (κ2) is 7.17. The van der Waals surface area contributed by atoms with Crippen LogP contribution in [0.3, 0.4) is 0 Å². The molecule has 1 heterocycles. The predicted octanol–water partition coefficient (Wildman–Crippen LogP) is 2.68. The number of nitrogens with zero attached hydrogens (tertiary/aromatic N) is 1. The third-order valence-electron chi connectivity index (χ3n) is 3.89. The summed E-state index contributed by atoms with van der Waals surface area (Å²) in [6.45, 7) is 4.37. The minimum absolute atomic E-state index is 0.0762. The van der Waals surface area contributed by atoms with Crippen LogP contribution in [0.25, 0.3) is 0 Å². The van der Waals surface area contributed by atoms with Crippen LogP contribution in [0.5, 0.6) is 5.75 Å². The smallest absolute Gasteiger partial charge is 0.317 e. The number of hydrogen-bond acceptors (Lipinski definition) is 2. The van der Waals surface area contributed by atoms with Gasteiger partial charge in [-0.05, 0) is 49.8 Å². The van der Waals surface area contributed by atoms with Crippen LogP contribution in [-0.2, 0) is 6.42 Å². The minimum atomic E-state index is 0.0762. The molecule has 4 nitrogen and oxygen atoms in total. The van der Waals surface area contributed by atoms with Gasteiger partial charge in [-0.25, -0.2) is 4.79 Å². The van der Waals surface area contributed by atoms with E-state index in [1.807, 2.05) is 24.0 Å². The number of likely N-dealkylation sites (tertiary alicyclic amines) is 1. The largest absolute Gasteiger partial charge is 0.497 e. The Morgan fingerprint density at radius 2 is 2.15 bits per heavy atom. The SMILES string of the molecule is CCNC(=O)N1CCC(Cc2cccc(OC)c2)CC1. The van der Waals surface area contributed by atoms with E-state index in [1.165, 1.54) is 5.56 Å². The van der Waals surface area contributed by atoms with Crippen molar-refractivity contribution in [3.8, 4) is 5.75 Å². The zero-order chi connectivity index (χ0) is 14.4. The monoisotopic (exact) mass is 276 g/mol. The summed E-state index contributed by atoms with van der Waals surface area (Å²) in [7, 11) is 1.70. The normalized spacial score (nSPS) is 16.0. The van der Waals surface area contributed by atoms with Gasteiger partial charge in [-0.2, -0.15) is 0 Å². The van der Waals surface area contributed by atoms with E-state index in [2.05, 4.69) is 17.4 Å². The summed E-state index contributed by atoms with van der Waals surface area (Å²) >= 11 is 0. The van der Waals surface area contributed by atoms with Crippen molar-refractivity contribution in [2.45, 2.75) is 26.2 Å². The summed E-state index contributed by atoms with van der Waals surface area (Å²) in [5.41, 5.74) is 1.32. The van der Waals surface area contributed by atoms with Gasteiger partial charge in [0.2, 0.25) is 0 Å². The van der Waals surface area contributed by atoms with Crippen LogP contribution in [0.15, 0.2) is 24.3 Å². The van der Waals surface area contributed by atoms with Crippen molar-refractivity contribution in [2.24, 2.45) is 5.92 Å². The number of ether oxygens (including phenoxy) is 1. The molecule has 1 aromatic rings. The Hall–Kier alpha value is -1.71. The van der Waals surface area contributed by atoms with Crippen molar-refractivity contribution in [1.82, 2.24) is 10.2 Å². The Kier molecular flexibility index (Phi) is 5.27. The fourth-order valence-corrected chi connectivity index (χ4v) is 2.74. The molecule has 1 aromatic carbocycles. The van der Waals surface area contributed by atoms with Crippen LogP contribution in [0.4, 0.5) is 4.79 Å². The summed E-state index contributed by atoms with van der Waals surface area (Å²) in [5.74, 6) is 1.58. The maximum atomic E-state index is 11.7. The lowest BCUT2D eigenvalue weighted by atomic mass is 9.90. The topological polar surface area (TPSA) is 41.6 Å². The summed E-state index contributed by atoms with van der Waals surface area (Å²) in [5, 5.41) is 2.87. The van der Waals surface area contributed by atoms with Gasteiger partial charge in [0.25, 0.3) is 0 Å². The molecule has 4 heteroatoms. The Bertz CT molecular complexity index is 440. The highest BCUT2D eigenvalue weighted by Gasteiger charge is 2.22. The van der Waals surface area contributed by atoms with Crippen molar-refractivity contribution in [1.29, 1.82) is 0 Å². The van der Waals surface area contributed by atoms with E-state index < -0.39 is 0 Å². The highest BCUT2D eigenvalue weighted by atomic mass is 16.5. The number of carbonyl (C=O) groups is 1. The lowest BCUT2D eigenvalue weighted by molar-refractivity contribution is 0.171. The van der Waals surface area contributed by atoms with Crippen molar-refractivity contribution < 1.29 is 9.53 Å². The molecule has 0 radical (unpaired) electrons. The molecule has 0 unspecified atom stereocenters. The van der Waals surface area contributed by atoms with E-state index in [-0.39, 0.29) is 6.03 Å². The average molecular weight is 276 g/mol. The Morgan fingerprint density at radius 1 is 1.40 bits per heavy atom. The lowest BCUT2D eigenvalue weighted by Gasteiger charge is -2.32. The first-order valence-electron chi connectivity index (χ1n) is 7.38. The highest BCUT2D eigenvalue weighted by molar-refractivity contribution is 5.74. The van der Waals surface area contributed by atoms with Gasteiger partial charge in [0, 0.05) is 19.6 Å². The Morgan fingerprint density at radius 3 is 2.80 bits per heavy atom. The number of urea groups is 1. The molecule has 1 fully saturated rings. The first-order valence-corrected chi connectivity index (χ1v) is 7.38. The van der Waals surface area contributed by atoms with E-state index in [1.54, 1.807) is 7.11 Å². The number of hydrogen-bond donors (Lipinski definition) is 1. The minimum Gasteiger partial charge on any atom is -0.497 e. The number of carbonyl (C=O) groups excluding carboxylic acids is 1.